The zero-order chi connectivity index (χ0) is 11.5. The molecule has 0 saturated heterocycles. The summed E-state index contributed by atoms with van der Waals surface area (Å²) in [6.45, 7) is -0.00500. The lowest BCUT2D eigenvalue weighted by atomic mass is 10.4. The van der Waals surface area contributed by atoms with E-state index < -0.39 is 0 Å². The minimum atomic E-state index is -0.0954. The highest BCUT2D eigenvalue weighted by atomic mass is 32.1. The summed E-state index contributed by atoms with van der Waals surface area (Å²) in [5.41, 5.74) is 0. The summed E-state index contributed by atoms with van der Waals surface area (Å²) in [7, 11) is 3.37. The average molecular weight is 237 g/mol. The van der Waals surface area contributed by atoms with Gasteiger partial charge in [-0.2, -0.15) is 0 Å². The van der Waals surface area contributed by atoms with E-state index in [1.54, 1.807) is 14.1 Å². The maximum atomic E-state index is 11.4. The highest BCUT2D eigenvalue weighted by molar-refractivity contribution is 7.16. The summed E-state index contributed by atoms with van der Waals surface area (Å²) in [6.07, 6.45) is 1.44. The Hall–Kier alpha value is -1.69. The standard InChI is InChI=1S/C10H11N3O2S/c1-13(2)8(14)5-15-9-7-3-4-16-10(7)12-6-11-9/h3-4,6H,5H2,1-2H3. The predicted molar refractivity (Wildman–Crippen MR) is 61.6 cm³/mol. The number of rotatable bonds is 3. The largest absolute Gasteiger partial charge is 0.467 e. The van der Waals surface area contributed by atoms with E-state index in [1.807, 2.05) is 11.4 Å². The molecule has 0 atom stereocenters. The van der Waals surface area contributed by atoms with E-state index in [-0.39, 0.29) is 12.5 Å². The molecule has 0 radical (unpaired) electrons. The second-order valence-corrected chi connectivity index (χ2v) is 4.29. The van der Waals surface area contributed by atoms with Gasteiger partial charge < -0.3 is 9.64 Å². The number of ether oxygens (including phenoxy) is 1. The first kappa shape index (κ1) is 10.8. The molecule has 0 unspecified atom stereocenters. The van der Waals surface area contributed by atoms with Gasteiger partial charge >= 0.3 is 0 Å². The van der Waals surface area contributed by atoms with Crippen molar-refractivity contribution in [3.05, 3.63) is 17.8 Å². The summed E-state index contributed by atoms with van der Waals surface area (Å²) >= 11 is 1.52. The summed E-state index contributed by atoms with van der Waals surface area (Å²) in [5, 5.41) is 2.76. The lowest BCUT2D eigenvalue weighted by molar-refractivity contribution is -0.130. The van der Waals surface area contributed by atoms with Crippen molar-refractivity contribution in [2.75, 3.05) is 20.7 Å². The van der Waals surface area contributed by atoms with Gasteiger partial charge in [0.25, 0.3) is 5.91 Å². The number of nitrogens with zero attached hydrogens (tertiary/aromatic N) is 3. The Labute approximate surface area is 96.7 Å². The molecule has 0 bridgehead atoms. The second-order valence-electron chi connectivity index (χ2n) is 3.40. The third kappa shape index (κ3) is 2.11. The van der Waals surface area contributed by atoms with Gasteiger partial charge in [0.05, 0.1) is 5.39 Å². The van der Waals surface area contributed by atoms with Crippen LogP contribution in [0.3, 0.4) is 0 Å². The van der Waals surface area contributed by atoms with Gasteiger partial charge in [-0.05, 0) is 11.4 Å². The Morgan fingerprint density at radius 1 is 1.50 bits per heavy atom. The number of thiophene rings is 1. The fourth-order valence-electron chi connectivity index (χ4n) is 1.14. The van der Waals surface area contributed by atoms with Crippen molar-refractivity contribution in [3.8, 4) is 5.88 Å². The number of likely N-dealkylation sites (N-methyl/N-ethyl adjacent to an activating group) is 1. The molecule has 6 heteroatoms. The molecule has 0 spiro atoms. The molecule has 2 heterocycles. The molecule has 0 aliphatic heterocycles. The van der Waals surface area contributed by atoms with Crippen LogP contribution < -0.4 is 4.74 Å². The van der Waals surface area contributed by atoms with Crippen LogP contribution in [0.25, 0.3) is 10.2 Å². The normalized spacial score (nSPS) is 10.4. The van der Waals surface area contributed by atoms with E-state index in [0.717, 1.165) is 10.2 Å². The first-order valence-electron chi connectivity index (χ1n) is 4.69. The SMILES string of the molecule is CN(C)C(=O)COc1ncnc2sccc12. The van der Waals surface area contributed by atoms with E-state index in [4.69, 9.17) is 4.74 Å². The molecular weight excluding hydrogens is 226 g/mol. The van der Waals surface area contributed by atoms with Gasteiger partial charge in [0.15, 0.2) is 6.61 Å². The van der Waals surface area contributed by atoms with Crippen LogP contribution in [0.15, 0.2) is 17.8 Å². The number of amides is 1. The highest BCUT2D eigenvalue weighted by Crippen LogP contribution is 2.25. The molecule has 0 saturated carbocycles. The Bertz CT molecular complexity index is 509. The Kier molecular flexibility index (Phi) is 3.00. The van der Waals surface area contributed by atoms with E-state index in [9.17, 15) is 4.79 Å². The molecule has 84 valence electrons. The van der Waals surface area contributed by atoms with E-state index in [0.29, 0.717) is 5.88 Å². The van der Waals surface area contributed by atoms with E-state index >= 15 is 0 Å². The van der Waals surface area contributed by atoms with Crippen molar-refractivity contribution in [1.29, 1.82) is 0 Å². The van der Waals surface area contributed by atoms with Gasteiger partial charge in [-0.3, -0.25) is 4.79 Å². The Morgan fingerprint density at radius 2 is 2.31 bits per heavy atom. The lowest BCUT2D eigenvalue weighted by Gasteiger charge is -2.10. The first-order chi connectivity index (χ1) is 7.68. The predicted octanol–water partition coefficient (Wildman–Crippen LogP) is 1.16. The third-order valence-electron chi connectivity index (χ3n) is 2.06. The molecule has 0 N–H and O–H groups in total. The molecule has 0 fully saturated rings. The number of aromatic nitrogens is 2. The minimum Gasteiger partial charge on any atom is -0.467 e. The van der Waals surface area contributed by atoms with Crippen molar-refractivity contribution in [2.45, 2.75) is 0 Å². The van der Waals surface area contributed by atoms with Gasteiger partial charge in [0, 0.05) is 14.1 Å². The van der Waals surface area contributed by atoms with Crippen LogP contribution in [-0.4, -0.2) is 41.5 Å². The number of carbonyl (C=O) groups is 1. The van der Waals surface area contributed by atoms with Gasteiger partial charge in [-0.15, -0.1) is 11.3 Å². The zero-order valence-corrected chi connectivity index (χ0v) is 9.82. The topological polar surface area (TPSA) is 55.3 Å². The number of carbonyl (C=O) groups excluding carboxylic acids is 1. The maximum Gasteiger partial charge on any atom is 0.260 e. The number of fused-ring (bicyclic) bond motifs is 1. The second kappa shape index (κ2) is 4.44. The molecule has 1 amide bonds. The first-order valence-corrected chi connectivity index (χ1v) is 5.57. The minimum absolute atomic E-state index is 0.00500. The molecule has 0 aliphatic carbocycles. The molecule has 2 rings (SSSR count). The quantitative estimate of drug-likeness (QED) is 0.803. The van der Waals surface area contributed by atoms with Crippen molar-refractivity contribution in [2.24, 2.45) is 0 Å². The summed E-state index contributed by atoms with van der Waals surface area (Å²) in [4.78, 5) is 21.8. The van der Waals surface area contributed by atoms with Crippen LogP contribution in [0.4, 0.5) is 0 Å². The molecule has 2 aromatic rings. The monoisotopic (exact) mass is 237 g/mol. The summed E-state index contributed by atoms with van der Waals surface area (Å²) in [5.74, 6) is 0.364. The number of hydrogen-bond donors (Lipinski definition) is 0. The van der Waals surface area contributed by atoms with Crippen LogP contribution >= 0.6 is 11.3 Å². The summed E-state index contributed by atoms with van der Waals surface area (Å²) < 4.78 is 5.37. The van der Waals surface area contributed by atoms with Crippen LogP contribution in [0.1, 0.15) is 0 Å². The van der Waals surface area contributed by atoms with Gasteiger partial charge in [0.1, 0.15) is 11.2 Å². The third-order valence-corrected chi connectivity index (χ3v) is 2.88. The molecule has 0 aliphatic rings. The maximum absolute atomic E-state index is 11.4. The molecule has 0 aromatic carbocycles. The smallest absolute Gasteiger partial charge is 0.260 e. The molecular formula is C10H11N3O2S. The van der Waals surface area contributed by atoms with E-state index in [1.165, 1.54) is 22.6 Å². The van der Waals surface area contributed by atoms with Crippen LogP contribution in [-0.2, 0) is 4.79 Å². The van der Waals surface area contributed by atoms with Gasteiger partial charge in [0.2, 0.25) is 5.88 Å². The molecule has 2 aromatic heterocycles. The Balaban J connectivity index is 2.15. The van der Waals surface area contributed by atoms with Crippen molar-refractivity contribution >= 4 is 27.5 Å². The lowest BCUT2D eigenvalue weighted by Crippen LogP contribution is -2.27. The summed E-state index contributed by atoms with van der Waals surface area (Å²) in [6, 6.07) is 1.88. The zero-order valence-electron chi connectivity index (χ0n) is 9.01. The van der Waals surface area contributed by atoms with Gasteiger partial charge in [-0.25, -0.2) is 9.97 Å². The average Bonchev–Trinajstić information content (AvgIpc) is 2.73. The fraction of sp³-hybridized carbons (Fsp3) is 0.300. The fourth-order valence-corrected chi connectivity index (χ4v) is 1.86. The Morgan fingerprint density at radius 3 is 3.06 bits per heavy atom. The van der Waals surface area contributed by atoms with Crippen LogP contribution in [0, 0.1) is 0 Å². The van der Waals surface area contributed by atoms with E-state index in [2.05, 4.69) is 9.97 Å². The van der Waals surface area contributed by atoms with Crippen molar-refractivity contribution in [3.63, 3.8) is 0 Å². The van der Waals surface area contributed by atoms with Crippen molar-refractivity contribution < 1.29 is 9.53 Å². The van der Waals surface area contributed by atoms with Crippen LogP contribution in [0.2, 0.25) is 0 Å². The van der Waals surface area contributed by atoms with Crippen molar-refractivity contribution in [1.82, 2.24) is 14.9 Å². The highest BCUT2D eigenvalue weighted by Gasteiger charge is 2.09. The van der Waals surface area contributed by atoms with Gasteiger partial charge in [-0.1, -0.05) is 0 Å². The number of hydrogen-bond acceptors (Lipinski definition) is 5. The molecule has 16 heavy (non-hydrogen) atoms. The van der Waals surface area contributed by atoms with Crippen LogP contribution in [0.5, 0.6) is 5.88 Å². The molecule has 5 nitrogen and oxygen atoms in total.